The molecule has 15 heavy (non-hydrogen) atoms. The third kappa shape index (κ3) is 2.50. The number of rotatable bonds is 2. The van der Waals surface area contributed by atoms with E-state index in [9.17, 15) is 4.79 Å². The molecule has 0 bridgehead atoms. The van der Waals surface area contributed by atoms with Gasteiger partial charge in [0.1, 0.15) is 5.00 Å². The molecule has 0 aromatic carbocycles. The molecule has 1 aromatic rings. The topological polar surface area (TPSA) is 54.0 Å². The normalized spacial score (nSPS) is 20.5. The summed E-state index contributed by atoms with van der Waals surface area (Å²) in [6.07, 6.45) is 0. The van der Waals surface area contributed by atoms with Crippen molar-refractivity contribution < 1.29 is 4.79 Å². The first-order valence-electron chi connectivity index (χ1n) is 4.73. The van der Waals surface area contributed by atoms with Gasteiger partial charge in [0, 0.05) is 11.6 Å². The number of hydrogen-bond acceptors (Lipinski definition) is 5. The highest BCUT2D eigenvalue weighted by Crippen LogP contribution is 2.23. The van der Waals surface area contributed by atoms with E-state index in [0.717, 1.165) is 27.3 Å². The Kier molecular flexibility index (Phi) is 3.28. The molecular weight excluding hydrogens is 230 g/mol. The number of hydrogen-bond donors (Lipinski definition) is 2. The summed E-state index contributed by atoms with van der Waals surface area (Å²) in [5.41, 5.74) is 0.900. The second kappa shape index (κ2) is 4.51. The molecule has 2 heterocycles. The number of amides is 1. The monoisotopic (exact) mass is 243 g/mol. The highest BCUT2D eigenvalue weighted by molar-refractivity contribution is 7.99. The molecule has 0 radical (unpaired) electrons. The summed E-state index contributed by atoms with van der Waals surface area (Å²) in [5, 5.41) is 7.91. The molecule has 1 unspecified atom stereocenters. The Bertz CT molecular complexity index is 371. The van der Waals surface area contributed by atoms with Crippen LogP contribution in [0.3, 0.4) is 0 Å². The predicted octanol–water partition coefficient (Wildman–Crippen LogP) is 1.36. The molecule has 2 rings (SSSR count). The number of carbonyl (C=O) groups excluding carboxylic acids is 1. The van der Waals surface area contributed by atoms with Crippen molar-refractivity contribution in [2.24, 2.45) is 0 Å². The zero-order chi connectivity index (χ0) is 10.8. The van der Waals surface area contributed by atoms with E-state index in [-0.39, 0.29) is 11.9 Å². The highest BCUT2D eigenvalue weighted by Gasteiger charge is 2.23. The van der Waals surface area contributed by atoms with E-state index in [1.807, 2.05) is 13.8 Å². The van der Waals surface area contributed by atoms with Crippen LogP contribution in [0.2, 0.25) is 0 Å². The molecule has 1 atom stereocenters. The lowest BCUT2D eigenvalue weighted by Crippen LogP contribution is -2.37. The molecule has 1 aliphatic rings. The van der Waals surface area contributed by atoms with Gasteiger partial charge in [-0.05, 0) is 13.8 Å². The SMILES string of the molecule is Cc1nc(C)c(NC(=O)C2CSCN2)s1. The number of anilines is 1. The second-order valence-electron chi connectivity index (χ2n) is 3.41. The second-order valence-corrected chi connectivity index (χ2v) is 5.64. The molecular formula is C9H13N3OS2. The molecule has 0 aliphatic carbocycles. The van der Waals surface area contributed by atoms with Crippen LogP contribution in [0.1, 0.15) is 10.7 Å². The molecule has 6 heteroatoms. The Morgan fingerprint density at radius 3 is 2.93 bits per heavy atom. The molecule has 1 aliphatic heterocycles. The van der Waals surface area contributed by atoms with Gasteiger partial charge in [-0.25, -0.2) is 4.98 Å². The van der Waals surface area contributed by atoms with Crippen LogP contribution in [0, 0.1) is 13.8 Å². The summed E-state index contributed by atoms with van der Waals surface area (Å²) in [6, 6.07) is -0.0585. The van der Waals surface area contributed by atoms with Gasteiger partial charge in [0.2, 0.25) is 5.91 Å². The molecule has 4 nitrogen and oxygen atoms in total. The minimum Gasteiger partial charge on any atom is -0.315 e. The Morgan fingerprint density at radius 1 is 1.60 bits per heavy atom. The molecule has 1 amide bonds. The zero-order valence-corrected chi connectivity index (χ0v) is 10.3. The Labute approximate surface area is 96.9 Å². The van der Waals surface area contributed by atoms with Crippen LogP contribution >= 0.6 is 23.1 Å². The minimum atomic E-state index is -0.0585. The first-order chi connectivity index (χ1) is 7.16. The molecule has 1 aromatic heterocycles. The van der Waals surface area contributed by atoms with Crippen molar-refractivity contribution in [3.8, 4) is 0 Å². The number of carbonyl (C=O) groups is 1. The zero-order valence-electron chi connectivity index (χ0n) is 8.66. The van der Waals surface area contributed by atoms with Crippen molar-refractivity contribution >= 4 is 34.0 Å². The van der Waals surface area contributed by atoms with E-state index in [0.29, 0.717) is 0 Å². The molecule has 0 saturated carbocycles. The molecule has 82 valence electrons. The van der Waals surface area contributed by atoms with Crippen molar-refractivity contribution in [2.75, 3.05) is 16.9 Å². The fourth-order valence-electron chi connectivity index (χ4n) is 1.41. The summed E-state index contributed by atoms with van der Waals surface area (Å²) in [4.78, 5) is 16.0. The first kappa shape index (κ1) is 10.9. The summed E-state index contributed by atoms with van der Waals surface area (Å²) in [5.74, 6) is 1.76. The van der Waals surface area contributed by atoms with Crippen LogP contribution in [-0.4, -0.2) is 28.6 Å². The largest absolute Gasteiger partial charge is 0.315 e. The lowest BCUT2D eigenvalue weighted by atomic mass is 10.3. The van der Waals surface area contributed by atoms with Crippen LogP contribution in [0.25, 0.3) is 0 Å². The average molecular weight is 243 g/mol. The summed E-state index contributed by atoms with van der Waals surface area (Å²) >= 11 is 3.27. The highest BCUT2D eigenvalue weighted by atomic mass is 32.2. The van der Waals surface area contributed by atoms with E-state index in [1.54, 1.807) is 11.8 Å². The van der Waals surface area contributed by atoms with E-state index in [4.69, 9.17) is 0 Å². The number of nitrogens with zero attached hydrogens (tertiary/aromatic N) is 1. The van der Waals surface area contributed by atoms with Crippen LogP contribution in [0.15, 0.2) is 0 Å². The first-order valence-corrected chi connectivity index (χ1v) is 6.70. The average Bonchev–Trinajstić information content (AvgIpc) is 2.76. The van der Waals surface area contributed by atoms with Gasteiger partial charge in [0.25, 0.3) is 0 Å². The summed E-state index contributed by atoms with van der Waals surface area (Å²) < 4.78 is 0. The minimum absolute atomic E-state index is 0.0479. The van der Waals surface area contributed by atoms with Gasteiger partial charge in [0.05, 0.1) is 16.7 Å². The van der Waals surface area contributed by atoms with Gasteiger partial charge in [0.15, 0.2) is 0 Å². The molecule has 1 saturated heterocycles. The molecule has 0 spiro atoms. The third-order valence-electron chi connectivity index (χ3n) is 2.17. The number of nitrogens with one attached hydrogen (secondary N) is 2. The number of thiazole rings is 1. The Morgan fingerprint density at radius 2 is 2.40 bits per heavy atom. The van der Waals surface area contributed by atoms with Crippen LogP contribution in [0.4, 0.5) is 5.00 Å². The fourth-order valence-corrected chi connectivity index (χ4v) is 3.17. The van der Waals surface area contributed by atoms with E-state index in [2.05, 4.69) is 15.6 Å². The molecule has 1 fully saturated rings. The van der Waals surface area contributed by atoms with Crippen molar-refractivity contribution in [1.82, 2.24) is 10.3 Å². The third-order valence-corrected chi connectivity index (χ3v) is 4.10. The number of aromatic nitrogens is 1. The number of aryl methyl sites for hydroxylation is 2. The maximum absolute atomic E-state index is 11.8. The van der Waals surface area contributed by atoms with E-state index in [1.165, 1.54) is 11.3 Å². The lowest BCUT2D eigenvalue weighted by molar-refractivity contribution is -0.117. The van der Waals surface area contributed by atoms with Crippen LogP contribution < -0.4 is 10.6 Å². The number of thioether (sulfide) groups is 1. The standard InChI is InChI=1S/C9H13N3OS2/c1-5-9(15-6(2)11-5)12-8(13)7-3-14-4-10-7/h7,10H,3-4H2,1-2H3,(H,12,13). The lowest BCUT2D eigenvalue weighted by Gasteiger charge is -2.08. The maximum Gasteiger partial charge on any atom is 0.243 e. The van der Waals surface area contributed by atoms with Crippen molar-refractivity contribution in [3.05, 3.63) is 10.7 Å². The molecule has 2 N–H and O–H groups in total. The quantitative estimate of drug-likeness (QED) is 0.823. The van der Waals surface area contributed by atoms with Crippen LogP contribution in [0.5, 0.6) is 0 Å². The summed E-state index contributed by atoms with van der Waals surface area (Å²) in [6.45, 7) is 3.85. The summed E-state index contributed by atoms with van der Waals surface area (Å²) in [7, 11) is 0. The van der Waals surface area contributed by atoms with Crippen molar-refractivity contribution in [1.29, 1.82) is 0 Å². The fraction of sp³-hybridized carbons (Fsp3) is 0.556. The van der Waals surface area contributed by atoms with Crippen molar-refractivity contribution in [3.63, 3.8) is 0 Å². The van der Waals surface area contributed by atoms with Crippen LogP contribution in [-0.2, 0) is 4.79 Å². The predicted molar refractivity (Wildman–Crippen MR) is 64.5 cm³/mol. The Balaban J connectivity index is 2.01. The maximum atomic E-state index is 11.8. The van der Waals surface area contributed by atoms with E-state index >= 15 is 0 Å². The van der Waals surface area contributed by atoms with Gasteiger partial charge in [-0.15, -0.1) is 23.1 Å². The van der Waals surface area contributed by atoms with Gasteiger partial charge in [-0.1, -0.05) is 0 Å². The van der Waals surface area contributed by atoms with Crippen molar-refractivity contribution in [2.45, 2.75) is 19.9 Å². The van der Waals surface area contributed by atoms with Gasteiger partial charge in [-0.3, -0.25) is 10.1 Å². The Hall–Kier alpha value is -0.590. The van der Waals surface area contributed by atoms with Gasteiger partial charge in [-0.2, -0.15) is 0 Å². The van der Waals surface area contributed by atoms with Gasteiger partial charge < -0.3 is 5.32 Å². The smallest absolute Gasteiger partial charge is 0.243 e. The van der Waals surface area contributed by atoms with Gasteiger partial charge >= 0.3 is 0 Å². The van der Waals surface area contributed by atoms with E-state index < -0.39 is 0 Å².